The van der Waals surface area contributed by atoms with Crippen molar-refractivity contribution in [1.29, 1.82) is 0 Å². The van der Waals surface area contributed by atoms with Gasteiger partial charge in [0.15, 0.2) is 0 Å². The summed E-state index contributed by atoms with van der Waals surface area (Å²) in [4.78, 5) is 10.4. The van der Waals surface area contributed by atoms with E-state index in [1.54, 1.807) is 0 Å². The van der Waals surface area contributed by atoms with Crippen LogP contribution in [0.1, 0.15) is 19.8 Å². The van der Waals surface area contributed by atoms with Crippen molar-refractivity contribution in [2.24, 2.45) is 5.92 Å². The molecule has 12 heavy (non-hydrogen) atoms. The van der Waals surface area contributed by atoms with Gasteiger partial charge in [-0.2, -0.15) is 0 Å². The van der Waals surface area contributed by atoms with Gasteiger partial charge in [0.1, 0.15) is 6.61 Å². The lowest BCUT2D eigenvalue weighted by Gasteiger charge is -2.32. The van der Waals surface area contributed by atoms with Crippen molar-refractivity contribution in [1.82, 2.24) is 0 Å². The zero-order valence-electron chi connectivity index (χ0n) is 7.25. The number of aliphatic hydroxyl groups is 1. The van der Waals surface area contributed by atoms with Crippen molar-refractivity contribution in [3.05, 3.63) is 12.2 Å². The van der Waals surface area contributed by atoms with Crippen LogP contribution < -0.4 is 0 Å². The first-order valence-corrected chi connectivity index (χ1v) is 4.07. The number of allylic oxidation sites excluding steroid dienone is 1. The van der Waals surface area contributed by atoms with Crippen LogP contribution >= 0.6 is 0 Å². The zero-order chi connectivity index (χ0) is 9.14. The molecule has 0 amide bonds. The van der Waals surface area contributed by atoms with Crippen LogP contribution in [0.5, 0.6) is 0 Å². The molecule has 0 aromatic carbocycles. The van der Waals surface area contributed by atoms with E-state index in [9.17, 15) is 9.90 Å². The predicted molar refractivity (Wildman–Crippen MR) is 44.5 cm³/mol. The van der Waals surface area contributed by atoms with Gasteiger partial charge in [-0.25, -0.2) is 0 Å². The predicted octanol–water partition coefficient (Wildman–Crippen LogP) is 0.877. The van der Waals surface area contributed by atoms with Crippen molar-refractivity contribution in [2.75, 3.05) is 6.61 Å². The molecule has 0 radical (unpaired) electrons. The molecule has 1 rings (SSSR count). The molecule has 0 heterocycles. The highest BCUT2D eigenvalue weighted by atomic mass is 16.5. The lowest BCUT2D eigenvalue weighted by molar-refractivity contribution is -0.145. The number of hydrogen-bond donors (Lipinski definition) is 1. The molecule has 0 aromatic heterocycles. The van der Waals surface area contributed by atoms with Crippen LogP contribution in [0.2, 0.25) is 0 Å². The number of carbonyl (C=O) groups is 1. The van der Waals surface area contributed by atoms with Gasteiger partial charge >= 0.3 is 5.97 Å². The van der Waals surface area contributed by atoms with Gasteiger partial charge in [-0.05, 0) is 18.8 Å². The number of rotatable bonds is 3. The molecule has 1 saturated carbocycles. The highest BCUT2D eigenvalue weighted by molar-refractivity contribution is 5.65. The lowest BCUT2D eigenvalue weighted by atomic mass is 9.78. The van der Waals surface area contributed by atoms with Gasteiger partial charge in [-0.15, -0.1) is 0 Å². The third kappa shape index (κ3) is 2.34. The number of esters is 1. The van der Waals surface area contributed by atoms with E-state index >= 15 is 0 Å². The quantitative estimate of drug-likeness (QED) is 0.505. The molecule has 1 unspecified atom stereocenters. The van der Waals surface area contributed by atoms with Gasteiger partial charge in [0.05, 0.1) is 6.10 Å². The Morgan fingerprint density at radius 1 is 1.83 bits per heavy atom. The average Bonchev–Trinajstić information content (AvgIpc) is 1.94. The van der Waals surface area contributed by atoms with E-state index in [2.05, 4.69) is 11.3 Å². The minimum Gasteiger partial charge on any atom is -0.463 e. The fourth-order valence-electron chi connectivity index (χ4n) is 1.29. The van der Waals surface area contributed by atoms with Crippen LogP contribution in [0.4, 0.5) is 0 Å². The van der Waals surface area contributed by atoms with Crippen LogP contribution in [0, 0.1) is 5.92 Å². The number of ether oxygens (including phenoxy) is 1. The molecule has 0 bridgehead atoms. The monoisotopic (exact) mass is 170 g/mol. The molecule has 1 atom stereocenters. The van der Waals surface area contributed by atoms with Crippen molar-refractivity contribution in [3.63, 3.8) is 0 Å². The van der Waals surface area contributed by atoms with E-state index in [0.29, 0.717) is 0 Å². The molecular formula is C9H14O3. The molecular weight excluding hydrogens is 156 g/mol. The largest absolute Gasteiger partial charge is 0.463 e. The number of hydrogen-bond acceptors (Lipinski definition) is 3. The first-order valence-electron chi connectivity index (χ1n) is 4.07. The normalized spacial score (nSPS) is 20.0. The van der Waals surface area contributed by atoms with Gasteiger partial charge in [0.2, 0.25) is 0 Å². The summed E-state index contributed by atoms with van der Waals surface area (Å²) in [5, 5.41) is 9.42. The van der Waals surface area contributed by atoms with Crippen LogP contribution in [0.25, 0.3) is 0 Å². The Morgan fingerprint density at radius 2 is 2.42 bits per heavy atom. The van der Waals surface area contributed by atoms with E-state index in [0.717, 1.165) is 12.8 Å². The van der Waals surface area contributed by atoms with Crippen LogP contribution in [0.3, 0.4) is 0 Å². The van der Waals surface area contributed by atoms with Gasteiger partial charge in [0, 0.05) is 6.92 Å². The summed E-state index contributed by atoms with van der Waals surface area (Å²) < 4.78 is 4.68. The third-order valence-electron chi connectivity index (χ3n) is 2.10. The molecule has 1 N–H and O–H groups in total. The second-order valence-electron chi connectivity index (χ2n) is 3.29. The second-order valence-corrected chi connectivity index (χ2v) is 3.29. The molecule has 0 saturated heterocycles. The Hall–Kier alpha value is -0.830. The van der Waals surface area contributed by atoms with E-state index in [1.165, 1.54) is 12.5 Å². The third-order valence-corrected chi connectivity index (χ3v) is 2.10. The average molecular weight is 170 g/mol. The van der Waals surface area contributed by atoms with Crippen molar-refractivity contribution < 1.29 is 14.6 Å². The smallest absolute Gasteiger partial charge is 0.302 e. The van der Waals surface area contributed by atoms with Crippen LogP contribution in [0.15, 0.2) is 12.2 Å². The van der Waals surface area contributed by atoms with E-state index < -0.39 is 6.10 Å². The topological polar surface area (TPSA) is 46.5 Å². The summed E-state index contributed by atoms with van der Waals surface area (Å²) in [6.45, 7) is 5.23. The molecule has 0 aromatic rings. The molecule has 0 aliphatic heterocycles. The summed E-state index contributed by atoms with van der Waals surface area (Å²) in [6.07, 6.45) is 1.21. The molecule has 3 heteroatoms. The van der Waals surface area contributed by atoms with Crippen LogP contribution in [-0.2, 0) is 9.53 Å². The number of aliphatic hydroxyl groups excluding tert-OH is 1. The fourth-order valence-corrected chi connectivity index (χ4v) is 1.29. The minimum absolute atomic E-state index is 0.118. The lowest BCUT2D eigenvalue weighted by Crippen LogP contribution is -2.32. The van der Waals surface area contributed by atoms with E-state index in [1.807, 2.05) is 0 Å². The Balaban J connectivity index is 2.16. The maximum absolute atomic E-state index is 10.4. The Bertz CT molecular complexity index is 190. The summed E-state index contributed by atoms with van der Waals surface area (Å²) in [7, 11) is 0. The van der Waals surface area contributed by atoms with E-state index in [-0.39, 0.29) is 18.5 Å². The standard InChI is InChI=1S/C9H14O3/c1-6-3-8(4-6)9(11)5-12-7(2)10/h8-9,11H,1,3-5H2,2H3. The summed E-state index contributed by atoms with van der Waals surface area (Å²) in [6, 6.07) is 0. The highest BCUT2D eigenvalue weighted by Crippen LogP contribution is 2.33. The summed E-state index contributed by atoms with van der Waals surface area (Å²) in [5.41, 5.74) is 1.17. The number of carbonyl (C=O) groups excluding carboxylic acids is 1. The van der Waals surface area contributed by atoms with Crippen LogP contribution in [-0.4, -0.2) is 23.8 Å². The minimum atomic E-state index is -0.514. The van der Waals surface area contributed by atoms with Gasteiger partial charge in [-0.1, -0.05) is 12.2 Å². The van der Waals surface area contributed by atoms with Gasteiger partial charge in [0.25, 0.3) is 0 Å². The second kappa shape index (κ2) is 3.72. The van der Waals surface area contributed by atoms with Crippen molar-refractivity contribution in [3.8, 4) is 0 Å². The molecule has 1 aliphatic rings. The van der Waals surface area contributed by atoms with Crippen molar-refractivity contribution in [2.45, 2.75) is 25.9 Å². The highest BCUT2D eigenvalue weighted by Gasteiger charge is 2.28. The first kappa shape index (κ1) is 9.26. The SMILES string of the molecule is C=C1CC(C(O)COC(C)=O)C1. The van der Waals surface area contributed by atoms with Gasteiger partial charge in [-0.3, -0.25) is 4.79 Å². The summed E-state index contributed by atoms with van der Waals surface area (Å²) >= 11 is 0. The Kier molecular flexibility index (Phi) is 2.87. The maximum Gasteiger partial charge on any atom is 0.302 e. The Labute approximate surface area is 72.0 Å². The zero-order valence-corrected chi connectivity index (χ0v) is 7.25. The summed E-state index contributed by atoms with van der Waals surface area (Å²) in [5.74, 6) is -0.0935. The molecule has 3 nitrogen and oxygen atoms in total. The fraction of sp³-hybridized carbons (Fsp3) is 0.667. The Morgan fingerprint density at radius 3 is 2.83 bits per heavy atom. The maximum atomic E-state index is 10.4. The molecule has 0 spiro atoms. The first-order chi connectivity index (χ1) is 5.59. The van der Waals surface area contributed by atoms with Crippen molar-refractivity contribution >= 4 is 5.97 Å². The van der Waals surface area contributed by atoms with E-state index in [4.69, 9.17) is 0 Å². The molecule has 1 fully saturated rings. The molecule has 1 aliphatic carbocycles. The van der Waals surface area contributed by atoms with Gasteiger partial charge < -0.3 is 9.84 Å². The molecule has 68 valence electrons.